The summed E-state index contributed by atoms with van der Waals surface area (Å²) in [7, 11) is 0. The summed E-state index contributed by atoms with van der Waals surface area (Å²) in [6.07, 6.45) is 1.04. The summed E-state index contributed by atoms with van der Waals surface area (Å²) in [6, 6.07) is 5.94. The van der Waals surface area contributed by atoms with Crippen molar-refractivity contribution in [1.29, 1.82) is 0 Å². The molecule has 5 nitrogen and oxygen atoms in total. The number of hydrogen-bond acceptors (Lipinski definition) is 3. The number of carbonyl (C=O) groups excluding carboxylic acids is 2. The molecular weight excluding hydrogens is 302 g/mol. The lowest BCUT2D eigenvalue weighted by atomic mass is 10.1. The molecule has 1 aromatic carbocycles. The minimum atomic E-state index is 0.0132. The van der Waals surface area contributed by atoms with Gasteiger partial charge in [0.05, 0.1) is 6.54 Å². The molecule has 3 rings (SSSR count). The highest BCUT2D eigenvalue weighted by molar-refractivity contribution is 5.93. The maximum Gasteiger partial charge on any atom is 0.238 e. The van der Waals surface area contributed by atoms with Gasteiger partial charge in [-0.15, -0.1) is 0 Å². The van der Waals surface area contributed by atoms with Crippen LogP contribution in [0.3, 0.4) is 0 Å². The van der Waals surface area contributed by atoms with E-state index in [1.807, 2.05) is 36.9 Å². The molecule has 0 bridgehead atoms. The maximum atomic E-state index is 12.3. The largest absolute Gasteiger partial charge is 0.340 e. The maximum absolute atomic E-state index is 12.3. The van der Waals surface area contributed by atoms with Crippen LogP contribution in [0.5, 0.6) is 0 Å². The molecule has 0 aromatic heterocycles. The molecule has 1 aliphatic heterocycles. The third-order valence-electron chi connectivity index (χ3n) is 5.36. The van der Waals surface area contributed by atoms with Gasteiger partial charge < -0.3 is 10.2 Å². The van der Waals surface area contributed by atoms with Gasteiger partial charge in [-0.3, -0.25) is 14.5 Å². The summed E-state index contributed by atoms with van der Waals surface area (Å²) in [5.41, 5.74) is 3.17. The van der Waals surface area contributed by atoms with E-state index in [0.717, 1.165) is 43.9 Å². The van der Waals surface area contributed by atoms with Crippen LogP contribution in [0.25, 0.3) is 0 Å². The third kappa shape index (κ3) is 3.78. The Morgan fingerprint density at radius 3 is 2.46 bits per heavy atom. The van der Waals surface area contributed by atoms with E-state index in [-0.39, 0.29) is 11.8 Å². The first-order valence-electron chi connectivity index (χ1n) is 8.83. The third-order valence-corrected chi connectivity index (χ3v) is 5.36. The number of nitrogens with zero attached hydrogens (tertiary/aromatic N) is 2. The average Bonchev–Trinajstić information content (AvgIpc) is 3.29. The summed E-state index contributed by atoms with van der Waals surface area (Å²) < 4.78 is 0. The Morgan fingerprint density at radius 2 is 1.83 bits per heavy atom. The number of piperazine rings is 1. The second-order valence-electron chi connectivity index (χ2n) is 7.22. The number of aryl methyl sites for hydroxylation is 1. The SMILES string of the molecule is Cc1cccc(NC(=O)CN2CCN(C(=O)[C@H]3C[C@@H]3C)CC2)c1C. The van der Waals surface area contributed by atoms with Gasteiger partial charge in [-0.25, -0.2) is 0 Å². The first-order chi connectivity index (χ1) is 11.5. The Labute approximate surface area is 144 Å². The van der Waals surface area contributed by atoms with Crippen molar-refractivity contribution in [1.82, 2.24) is 9.80 Å². The van der Waals surface area contributed by atoms with E-state index >= 15 is 0 Å². The monoisotopic (exact) mass is 329 g/mol. The van der Waals surface area contributed by atoms with Crippen LogP contribution in [-0.4, -0.2) is 54.3 Å². The van der Waals surface area contributed by atoms with Crippen molar-refractivity contribution in [2.75, 3.05) is 38.0 Å². The highest BCUT2D eigenvalue weighted by Gasteiger charge is 2.41. The second kappa shape index (κ2) is 6.93. The molecule has 1 saturated heterocycles. The lowest BCUT2D eigenvalue weighted by molar-refractivity contribution is -0.134. The minimum absolute atomic E-state index is 0.0132. The van der Waals surface area contributed by atoms with E-state index in [2.05, 4.69) is 17.1 Å². The molecule has 0 unspecified atom stereocenters. The smallest absolute Gasteiger partial charge is 0.238 e. The average molecular weight is 329 g/mol. The molecule has 1 aromatic rings. The predicted octanol–water partition coefficient (Wildman–Crippen LogP) is 2.04. The van der Waals surface area contributed by atoms with Crippen molar-refractivity contribution >= 4 is 17.5 Å². The Bertz CT molecular complexity index is 635. The normalized spacial score (nSPS) is 23.9. The molecule has 0 radical (unpaired) electrons. The van der Waals surface area contributed by atoms with Crippen LogP contribution in [0, 0.1) is 25.7 Å². The van der Waals surface area contributed by atoms with Crippen molar-refractivity contribution in [2.24, 2.45) is 11.8 Å². The summed E-state index contributed by atoms with van der Waals surface area (Å²) in [5, 5.41) is 3.01. The van der Waals surface area contributed by atoms with Crippen molar-refractivity contribution in [3.8, 4) is 0 Å². The zero-order valence-electron chi connectivity index (χ0n) is 14.8. The first kappa shape index (κ1) is 17.0. The van der Waals surface area contributed by atoms with E-state index in [1.54, 1.807) is 0 Å². The number of amides is 2. The quantitative estimate of drug-likeness (QED) is 0.920. The minimum Gasteiger partial charge on any atom is -0.340 e. The molecule has 130 valence electrons. The zero-order chi connectivity index (χ0) is 17.3. The van der Waals surface area contributed by atoms with Crippen LogP contribution in [-0.2, 0) is 9.59 Å². The van der Waals surface area contributed by atoms with E-state index in [4.69, 9.17) is 0 Å². The number of nitrogens with one attached hydrogen (secondary N) is 1. The van der Waals surface area contributed by atoms with Gasteiger partial charge in [0.1, 0.15) is 0 Å². The molecule has 1 aliphatic carbocycles. The Hall–Kier alpha value is -1.88. The van der Waals surface area contributed by atoms with Gasteiger partial charge in [0.15, 0.2) is 0 Å². The molecule has 2 atom stereocenters. The van der Waals surface area contributed by atoms with Crippen molar-refractivity contribution < 1.29 is 9.59 Å². The topological polar surface area (TPSA) is 52.7 Å². The van der Waals surface area contributed by atoms with Crippen molar-refractivity contribution in [2.45, 2.75) is 27.2 Å². The molecule has 24 heavy (non-hydrogen) atoms. The Balaban J connectivity index is 1.46. The van der Waals surface area contributed by atoms with Gasteiger partial charge in [0, 0.05) is 37.8 Å². The van der Waals surface area contributed by atoms with Crippen LogP contribution < -0.4 is 5.32 Å². The molecule has 1 saturated carbocycles. The number of rotatable bonds is 4. The number of hydrogen-bond donors (Lipinski definition) is 1. The molecule has 2 fully saturated rings. The predicted molar refractivity (Wildman–Crippen MR) is 94.8 cm³/mol. The highest BCUT2D eigenvalue weighted by Crippen LogP contribution is 2.39. The van der Waals surface area contributed by atoms with Crippen LogP contribution >= 0.6 is 0 Å². The van der Waals surface area contributed by atoms with Gasteiger partial charge in [-0.05, 0) is 43.4 Å². The fourth-order valence-corrected chi connectivity index (χ4v) is 3.31. The number of carbonyl (C=O) groups is 2. The fraction of sp³-hybridized carbons (Fsp3) is 0.579. The van der Waals surface area contributed by atoms with Gasteiger partial charge in [0.25, 0.3) is 0 Å². The fourth-order valence-electron chi connectivity index (χ4n) is 3.31. The van der Waals surface area contributed by atoms with Crippen LogP contribution in [0.1, 0.15) is 24.5 Å². The van der Waals surface area contributed by atoms with Gasteiger partial charge in [0.2, 0.25) is 11.8 Å². The van der Waals surface area contributed by atoms with Gasteiger partial charge in [-0.1, -0.05) is 19.1 Å². The second-order valence-corrected chi connectivity index (χ2v) is 7.22. The molecular formula is C19H27N3O2. The number of anilines is 1. The van der Waals surface area contributed by atoms with E-state index in [0.29, 0.717) is 18.4 Å². The zero-order valence-corrected chi connectivity index (χ0v) is 14.8. The molecule has 0 spiro atoms. The highest BCUT2D eigenvalue weighted by atomic mass is 16.2. The van der Waals surface area contributed by atoms with E-state index in [9.17, 15) is 9.59 Å². The molecule has 5 heteroatoms. The molecule has 2 aliphatic rings. The van der Waals surface area contributed by atoms with Crippen LogP contribution in [0.15, 0.2) is 18.2 Å². The van der Waals surface area contributed by atoms with Gasteiger partial charge in [-0.2, -0.15) is 0 Å². The summed E-state index contributed by atoms with van der Waals surface area (Å²) in [4.78, 5) is 28.6. The lowest BCUT2D eigenvalue weighted by Gasteiger charge is -2.34. The molecule has 2 amide bonds. The van der Waals surface area contributed by atoms with E-state index < -0.39 is 0 Å². The summed E-state index contributed by atoms with van der Waals surface area (Å²) in [5.74, 6) is 1.13. The van der Waals surface area contributed by atoms with Crippen LogP contribution in [0.4, 0.5) is 5.69 Å². The van der Waals surface area contributed by atoms with Crippen molar-refractivity contribution in [3.05, 3.63) is 29.3 Å². The standard InChI is InChI=1S/C19H27N3O2/c1-13-5-4-6-17(15(13)3)20-18(23)12-21-7-9-22(10-8-21)19(24)16-11-14(16)2/h4-6,14,16H,7-12H2,1-3H3,(H,20,23)/t14-,16-/m0/s1. The lowest BCUT2D eigenvalue weighted by Crippen LogP contribution is -2.51. The van der Waals surface area contributed by atoms with Crippen molar-refractivity contribution in [3.63, 3.8) is 0 Å². The summed E-state index contributed by atoms with van der Waals surface area (Å²) >= 11 is 0. The Kier molecular flexibility index (Phi) is 4.90. The van der Waals surface area contributed by atoms with E-state index in [1.165, 1.54) is 5.56 Å². The number of benzene rings is 1. The molecule has 1 N–H and O–H groups in total. The first-order valence-corrected chi connectivity index (χ1v) is 8.83. The van der Waals surface area contributed by atoms with Crippen LogP contribution in [0.2, 0.25) is 0 Å². The summed E-state index contributed by atoms with van der Waals surface area (Å²) in [6.45, 7) is 9.60. The Morgan fingerprint density at radius 1 is 1.17 bits per heavy atom. The molecule has 1 heterocycles. The van der Waals surface area contributed by atoms with Gasteiger partial charge >= 0.3 is 0 Å².